The van der Waals surface area contributed by atoms with Crippen LogP contribution >= 0.6 is 0 Å². The fraction of sp³-hybridized carbons (Fsp3) is 0.625. The molecule has 2 aliphatic rings. The van der Waals surface area contributed by atoms with Gasteiger partial charge in [0.05, 0.1) is 20.3 Å². The van der Waals surface area contributed by atoms with E-state index in [2.05, 4.69) is 11.4 Å². The molecule has 1 aromatic rings. The van der Waals surface area contributed by atoms with E-state index in [1.165, 1.54) is 18.4 Å². The van der Waals surface area contributed by atoms with Gasteiger partial charge in [0, 0.05) is 31.0 Å². The van der Waals surface area contributed by atoms with Gasteiger partial charge in [0.1, 0.15) is 17.6 Å². The van der Waals surface area contributed by atoms with Crippen molar-refractivity contribution in [2.24, 2.45) is 0 Å². The van der Waals surface area contributed by atoms with Crippen molar-refractivity contribution < 1.29 is 14.2 Å². The molecule has 110 valence electrons. The Kier molecular flexibility index (Phi) is 4.43. The van der Waals surface area contributed by atoms with Gasteiger partial charge in [-0.2, -0.15) is 0 Å². The molecule has 0 bridgehead atoms. The maximum absolute atomic E-state index is 6.16. The van der Waals surface area contributed by atoms with Gasteiger partial charge in [-0.15, -0.1) is 0 Å². The molecule has 0 amide bonds. The zero-order valence-electron chi connectivity index (χ0n) is 12.1. The summed E-state index contributed by atoms with van der Waals surface area (Å²) in [7, 11) is 1.70. The number of hydrogen-bond acceptors (Lipinski definition) is 4. The zero-order valence-corrected chi connectivity index (χ0v) is 12.1. The van der Waals surface area contributed by atoms with Crippen LogP contribution < -0.4 is 14.8 Å². The standard InChI is InChI=1S/C16H23NO3/c1-18-15-4-5-16(20-14-6-8-19-9-7-14)12(10-15)11-17-13-2-3-13/h4-5,10,13-14,17H,2-3,6-9,11H2,1H3. The molecule has 3 rings (SSSR count). The van der Waals surface area contributed by atoms with Gasteiger partial charge in [0.25, 0.3) is 0 Å². The molecule has 1 aliphatic carbocycles. The molecule has 1 saturated heterocycles. The molecular formula is C16H23NO3. The van der Waals surface area contributed by atoms with Crippen LogP contribution in [0.3, 0.4) is 0 Å². The van der Waals surface area contributed by atoms with Crippen LogP contribution in [0.2, 0.25) is 0 Å². The minimum absolute atomic E-state index is 0.275. The summed E-state index contributed by atoms with van der Waals surface area (Å²) in [6.45, 7) is 2.45. The van der Waals surface area contributed by atoms with Crippen molar-refractivity contribution in [2.45, 2.75) is 44.4 Å². The molecule has 0 unspecified atom stereocenters. The van der Waals surface area contributed by atoms with Crippen molar-refractivity contribution in [3.63, 3.8) is 0 Å². The molecule has 1 aromatic carbocycles. The topological polar surface area (TPSA) is 39.7 Å². The lowest BCUT2D eigenvalue weighted by Gasteiger charge is -2.25. The van der Waals surface area contributed by atoms with Crippen molar-refractivity contribution in [1.29, 1.82) is 0 Å². The van der Waals surface area contributed by atoms with Crippen molar-refractivity contribution in [1.82, 2.24) is 5.32 Å². The Morgan fingerprint density at radius 3 is 2.70 bits per heavy atom. The van der Waals surface area contributed by atoms with Crippen molar-refractivity contribution in [3.05, 3.63) is 23.8 Å². The van der Waals surface area contributed by atoms with Gasteiger partial charge in [-0.25, -0.2) is 0 Å². The molecule has 4 heteroatoms. The van der Waals surface area contributed by atoms with Gasteiger partial charge in [0.15, 0.2) is 0 Å². The Labute approximate surface area is 120 Å². The number of hydrogen-bond donors (Lipinski definition) is 1. The Hall–Kier alpha value is -1.26. The number of rotatable bonds is 6. The normalized spacial score (nSPS) is 19.9. The minimum Gasteiger partial charge on any atom is -0.497 e. The summed E-state index contributed by atoms with van der Waals surface area (Å²) in [5.74, 6) is 1.86. The summed E-state index contributed by atoms with van der Waals surface area (Å²) >= 11 is 0. The smallest absolute Gasteiger partial charge is 0.124 e. The van der Waals surface area contributed by atoms with Crippen LogP contribution in [0.25, 0.3) is 0 Å². The first-order chi connectivity index (χ1) is 9.85. The van der Waals surface area contributed by atoms with Crippen molar-refractivity contribution >= 4 is 0 Å². The van der Waals surface area contributed by atoms with Gasteiger partial charge in [-0.1, -0.05) is 0 Å². The Morgan fingerprint density at radius 1 is 1.20 bits per heavy atom. The van der Waals surface area contributed by atoms with Crippen molar-refractivity contribution in [2.75, 3.05) is 20.3 Å². The summed E-state index contributed by atoms with van der Waals surface area (Å²) in [6, 6.07) is 6.76. The maximum atomic E-state index is 6.16. The van der Waals surface area contributed by atoms with Crippen molar-refractivity contribution in [3.8, 4) is 11.5 Å². The molecule has 0 atom stereocenters. The van der Waals surface area contributed by atoms with Crippen LogP contribution in [0.4, 0.5) is 0 Å². The summed E-state index contributed by atoms with van der Waals surface area (Å²) in [5.41, 5.74) is 1.18. The van der Waals surface area contributed by atoms with E-state index >= 15 is 0 Å². The number of ether oxygens (including phenoxy) is 3. The van der Waals surface area contributed by atoms with Gasteiger partial charge in [-0.3, -0.25) is 0 Å². The van der Waals surface area contributed by atoms with Crippen LogP contribution in [0, 0.1) is 0 Å². The lowest BCUT2D eigenvalue weighted by molar-refractivity contribution is 0.0251. The second-order valence-corrected chi connectivity index (χ2v) is 5.56. The second-order valence-electron chi connectivity index (χ2n) is 5.56. The molecule has 1 aliphatic heterocycles. The van der Waals surface area contributed by atoms with E-state index < -0.39 is 0 Å². The van der Waals surface area contributed by atoms with Gasteiger partial charge in [-0.05, 0) is 31.0 Å². The lowest BCUT2D eigenvalue weighted by Crippen LogP contribution is -2.26. The quantitative estimate of drug-likeness (QED) is 0.867. The highest BCUT2D eigenvalue weighted by Crippen LogP contribution is 2.28. The number of benzene rings is 1. The number of nitrogens with one attached hydrogen (secondary N) is 1. The SMILES string of the molecule is COc1ccc(OC2CCOCC2)c(CNC2CC2)c1. The average molecular weight is 277 g/mol. The minimum atomic E-state index is 0.275. The largest absolute Gasteiger partial charge is 0.497 e. The fourth-order valence-electron chi connectivity index (χ4n) is 2.45. The molecule has 20 heavy (non-hydrogen) atoms. The predicted octanol–water partition coefficient (Wildman–Crippen LogP) is 2.51. The van der Waals surface area contributed by atoms with E-state index in [0.29, 0.717) is 6.04 Å². The molecule has 4 nitrogen and oxygen atoms in total. The van der Waals surface area contributed by atoms with Gasteiger partial charge < -0.3 is 19.5 Å². The lowest BCUT2D eigenvalue weighted by atomic mass is 10.1. The van der Waals surface area contributed by atoms with E-state index in [4.69, 9.17) is 14.2 Å². The third kappa shape index (κ3) is 3.64. The van der Waals surface area contributed by atoms with E-state index in [1.54, 1.807) is 7.11 Å². The number of methoxy groups -OCH3 is 1. The Morgan fingerprint density at radius 2 is 2.00 bits per heavy atom. The molecule has 1 heterocycles. The third-order valence-electron chi connectivity index (χ3n) is 3.89. The van der Waals surface area contributed by atoms with Crippen LogP contribution in [0.1, 0.15) is 31.2 Å². The third-order valence-corrected chi connectivity index (χ3v) is 3.89. The summed E-state index contributed by atoms with van der Waals surface area (Å²) < 4.78 is 16.9. The molecular weight excluding hydrogens is 254 g/mol. The Bertz CT molecular complexity index is 439. The molecule has 0 aromatic heterocycles. The first-order valence-corrected chi connectivity index (χ1v) is 7.50. The molecule has 1 saturated carbocycles. The monoisotopic (exact) mass is 277 g/mol. The fourth-order valence-corrected chi connectivity index (χ4v) is 2.45. The van der Waals surface area contributed by atoms with E-state index in [0.717, 1.165) is 44.1 Å². The first-order valence-electron chi connectivity index (χ1n) is 7.50. The molecule has 0 spiro atoms. The van der Waals surface area contributed by atoms with Crippen LogP contribution in [0.15, 0.2) is 18.2 Å². The highest BCUT2D eigenvalue weighted by Gasteiger charge is 2.22. The predicted molar refractivity (Wildman–Crippen MR) is 77.3 cm³/mol. The molecule has 1 N–H and O–H groups in total. The second kappa shape index (κ2) is 6.46. The highest BCUT2D eigenvalue weighted by atomic mass is 16.5. The van der Waals surface area contributed by atoms with Crippen LogP contribution in [0.5, 0.6) is 11.5 Å². The first kappa shape index (κ1) is 13.7. The highest BCUT2D eigenvalue weighted by molar-refractivity contribution is 5.40. The van der Waals surface area contributed by atoms with E-state index in [1.807, 2.05) is 12.1 Å². The Balaban J connectivity index is 1.68. The molecule has 2 fully saturated rings. The van der Waals surface area contributed by atoms with Crippen LogP contribution in [-0.4, -0.2) is 32.5 Å². The maximum Gasteiger partial charge on any atom is 0.124 e. The average Bonchev–Trinajstić information content (AvgIpc) is 3.31. The van der Waals surface area contributed by atoms with Gasteiger partial charge >= 0.3 is 0 Å². The summed E-state index contributed by atoms with van der Waals surface area (Å²) in [4.78, 5) is 0. The van der Waals surface area contributed by atoms with E-state index in [9.17, 15) is 0 Å². The van der Waals surface area contributed by atoms with Crippen LogP contribution in [-0.2, 0) is 11.3 Å². The molecule has 0 radical (unpaired) electrons. The zero-order chi connectivity index (χ0) is 13.8. The van der Waals surface area contributed by atoms with Gasteiger partial charge in [0.2, 0.25) is 0 Å². The van der Waals surface area contributed by atoms with E-state index in [-0.39, 0.29) is 6.10 Å². The summed E-state index contributed by atoms with van der Waals surface area (Å²) in [6.07, 6.45) is 4.81. The summed E-state index contributed by atoms with van der Waals surface area (Å²) in [5, 5.41) is 3.54.